The number of nitrogens with one attached hydrogen (secondary N) is 2. The van der Waals surface area contributed by atoms with Crippen molar-refractivity contribution in [2.24, 2.45) is 0 Å². The molecule has 0 bridgehead atoms. The molecule has 2 N–H and O–H groups in total. The maximum atomic E-state index is 4.53. The summed E-state index contributed by atoms with van der Waals surface area (Å²) >= 11 is 0. The number of rotatable bonds is 5. The third-order valence-corrected chi connectivity index (χ3v) is 6.08. The van der Waals surface area contributed by atoms with Crippen LogP contribution in [0.1, 0.15) is 41.1 Å². The zero-order valence-electron chi connectivity index (χ0n) is 16.6. The molecule has 4 aromatic rings. The van der Waals surface area contributed by atoms with E-state index in [1.807, 2.05) is 0 Å². The molecule has 0 saturated carbocycles. The van der Waals surface area contributed by atoms with Crippen LogP contribution >= 0.6 is 0 Å². The van der Waals surface area contributed by atoms with Gasteiger partial charge in [-0.2, -0.15) is 0 Å². The van der Waals surface area contributed by atoms with Gasteiger partial charge in [-0.3, -0.25) is 0 Å². The smallest absolute Gasteiger partial charge is 0.0768 e. The molecule has 1 atom stereocenters. The number of aromatic amines is 1. The van der Waals surface area contributed by atoms with Gasteiger partial charge < -0.3 is 10.3 Å². The van der Waals surface area contributed by atoms with Crippen LogP contribution in [-0.4, -0.2) is 4.98 Å². The summed E-state index contributed by atoms with van der Waals surface area (Å²) in [6.45, 7) is 4.53. The number of aryl methyl sites for hydroxylation is 2. The lowest BCUT2D eigenvalue weighted by Gasteiger charge is -2.24. The fourth-order valence-corrected chi connectivity index (χ4v) is 4.50. The van der Waals surface area contributed by atoms with Crippen LogP contribution in [0.4, 0.5) is 5.69 Å². The predicted octanol–water partition coefficient (Wildman–Crippen LogP) is 6.91. The molecule has 1 aliphatic rings. The average Bonchev–Trinajstić information content (AvgIpc) is 3.22. The van der Waals surface area contributed by atoms with E-state index in [4.69, 9.17) is 0 Å². The van der Waals surface area contributed by atoms with Gasteiger partial charge in [-0.25, -0.2) is 0 Å². The highest BCUT2D eigenvalue weighted by Gasteiger charge is 2.20. The molecule has 0 radical (unpaired) electrons. The van der Waals surface area contributed by atoms with Gasteiger partial charge in [-0.1, -0.05) is 61.2 Å². The number of benzene rings is 3. The quantitative estimate of drug-likeness (QED) is 0.388. The summed E-state index contributed by atoms with van der Waals surface area (Å²) in [5.74, 6) is 0. The Hall–Kier alpha value is -3.26. The van der Waals surface area contributed by atoms with Crippen molar-refractivity contribution >= 4 is 22.2 Å². The van der Waals surface area contributed by atoms with E-state index >= 15 is 0 Å². The van der Waals surface area contributed by atoms with E-state index in [0.29, 0.717) is 0 Å². The van der Waals surface area contributed by atoms with Gasteiger partial charge in [0.15, 0.2) is 0 Å². The average molecular weight is 379 g/mol. The first-order valence-corrected chi connectivity index (χ1v) is 10.5. The molecule has 3 aromatic carbocycles. The molecular weight excluding hydrogens is 352 g/mol. The van der Waals surface area contributed by atoms with Crippen LogP contribution in [0.5, 0.6) is 0 Å². The maximum Gasteiger partial charge on any atom is 0.0768 e. The standard InChI is InChI=1S/C27H26N2/c1-19(25-18-28-26-14-8-7-13-24(25)26)27(21-10-3-2-4-11-21)29-23-16-15-20-9-5-6-12-22(20)17-23/h2-4,7-8,10-11,13-18,27-29H,1,5-6,9,12H2. The normalized spacial score (nSPS) is 14.3. The van der Waals surface area contributed by atoms with Crippen LogP contribution < -0.4 is 5.32 Å². The van der Waals surface area contributed by atoms with Gasteiger partial charge in [-0.15, -0.1) is 0 Å². The minimum atomic E-state index is 0.0112. The van der Waals surface area contributed by atoms with E-state index in [9.17, 15) is 0 Å². The topological polar surface area (TPSA) is 27.8 Å². The molecule has 5 rings (SSSR count). The van der Waals surface area contributed by atoms with Crippen LogP contribution in [0.2, 0.25) is 0 Å². The van der Waals surface area contributed by atoms with Crippen molar-refractivity contribution in [1.82, 2.24) is 4.98 Å². The monoisotopic (exact) mass is 378 g/mol. The lowest BCUT2D eigenvalue weighted by atomic mass is 9.90. The van der Waals surface area contributed by atoms with Crippen molar-refractivity contribution < 1.29 is 0 Å². The van der Waals surface area contributed by atoms with Crippen LogP contribution in [0.3, 0.4) is 0 Å². The lowest BCUT2D eigenvalue weighted by Crippen LogP contribution is -2.13. The van der Waals surface area contributed by atoms with Gasteiger partial charge in [-0.05, 0) is 66.1 Å². The highest BCUT2D eigenvalue weighted by atomic mass is 14.9. The first-order valence-electron chi connectivity index (χ1n) is 10.5. The molecule has 0 aliphatic heterocycles. The molecule has 29 heavy (non-hydrogen) atoms. The van der Waals surface area contributed by atoms with E-state index in [1.165, 1.54) is 59.0 Å². The Morgan fingerprint density at radius 3 is 2.48 bits per heavy atom. The second kappa shape index (κ2) is 7.63. The van der Waals surface area contributed by atoms with Crippen molar-refractivity contribution in [3.63, 3.8) is 0 Å². The van der Waals surface area contributed by atoms with Crippen LogP contribution in [0, 0.1) is 0 Å². The summed E-state index contributed by atoms with van der Waals surface area (Å²) in [6.07, 6.45) is 7.08. The molecule has 0 saturated heterocycles. The molecule has 1 aromatic heterocycles. The van der Waals surface area contributed by atoms with Crippen LogP contribution in [0.25, 0.3) is 16.5 Å². The number of H-pyrrole nitrogens is 1. The zero-order valence-corrected chi connectivity index (χ0v) is 16.6. The number of hydrogen-bond acceptors (Lipinski definition) is 1. The van der Waals surface area contributed by atoms with Gasteiger partial charge >= 0.3 is 0 Å². The summed E-state index contributed by atoms with van der Waals surface area (Å²) in [5, 5.41) is 5.00. The Bertz CT molecular complexity index is 1150. The summed E-state index contributed by atoms with van der Waals surface area (Å²) in [7, 11) is 0. The molecule has 1 unspecified atom stereocenters. The van der Waals surface area contributed by atoms with Gasteiger partial charge in [0.1, 0.15) is 0 Å². The molecule has 1 heterocycles. The number of hydrogen-bond donors (Lipinski definition) is 2. The Morgan fingerprint density at radius 2 is 1.62 bits per heavy atom. The molecular formula is C27H26N2. The van der Waals surface area contributed by atoms with Crippen LogP contribution in [-0.2, 0) is 12.8 Å². The lowest BCUT2D eigenvalue weighted by molar-refractivity contribution is 0.685. The van der Waals surface area contributed by atoms with E-state index in [-0.39, 0.29) is 6.04 Å². The third-order valence-electron chi connectivity index (χ3n) is 6.08. The van der Waals surface area contributed by atoms with Crippen molar-refractivity contribution in [2.75, 3.05) is 5.32 Å². The molecule has 2 nitrogen and oxygen atoms in total. The Labute approximate surface area is 172 Å². The number of aromatic nitrogens is 1. The van der Waals surface area contributed by atoms with Crippen molar-refractivity contribution in [1.29, 1.82) is 0 Å². The fourth-order valence-electron chi connectivity index (χ4n) is 4.50. The van der Waals surface area contributed by atoms with Crippen LogP contribution in [0.15, 0.2) is 85.6 Å². The summed E-state index contributed by atoms with van der Waals surface area (Å²) < 4.78 is 0. The van der Waals surface area contributed by atoms with Gasteiger partial charge in [0, 0.05) is 28.4 Å². The Kier molecular flexibility index (Phi) is 4.69. The molecule has 0 spiro atoms. The summed E-state index contributed by atoms with van der Waals surface area (Å²) in [5.41, 5.74) is 8.77. The zero-order chi connectivity index (χ0) is 19.6. The minimum Gasteiger partial charge on any atom is -0.374 e. The largest absolute Gasteiger partial charge is 0.374 e. The summed E-state index contributed by atoms with van der Waals surface area (Å²) in [4.78, 5) is 3.39. The number of fused-ring (bicyclic) bond motifs is 2. The predicted molar refractivity (Wildman–Crippen MR) is 123 cm³/mol. The molecule has 1 aliphatic carbocycles. The van der Waals surface area contributed by atoms with E-state index in [2.05, 4.69) is 95.9 Å². The summed E-state index contributed by atoms with van der Waals surface area (Å²) in [6, 6.07) is 25.9. The molecule has 0 amide bonds. The Morgan fingerprint density at radius 1 is 0.862 bits per heavy atom. The van der Waals surface area contributed by atoms with Crippen molar-refractivity contribution in [2.45, 2.75) is 31.7 Å². The van der Waals surface area contributed by atoms with Crippen molar-refractivity contribution in [3.8, 4) is 0 Å². The fraction of sp³-hybridized carbons (Fsp3) is 0.185. The van der Waals surface area contributed by atoms with Gasteiger partial charge in [0.05, 0.1) is 6.04 Å². The molecule has 144 valence electrons. The second-order valence-electron chi connectivity index (χ2n) is 7.95. The molecule has 0 fully saturated rings. The first-order chi connectivity index (χ1) is 14.3. The maximum absolute atomic E-state index is 4.53. The van der Waals surface area contributed by atoms with Crippen molar-refractivity contribution in [3.05, 3.63) is 108 Å². The van der Waals surface area contributed by atoms with E-state index in [1.54, 1.807) is 0 Å². The SMILES string of the molecule is C=C(c1c[nH]c2ccccc12)C(Nc1ccc2c(c1)CCCC2)c1ccccc1. The highest BCUT2D eigenvalue weighted by molar-refractivity contribution is 5.94. The molecule has 2 heteroatoms. The number of para-hydroxylation sites is 1. The van der Waals surface area contributed by atoms with Gasteiger partial charge in [0.25, 0.3) is 0 Å². The van der Waals surface area contributed by atoms with E-state index in [0.717, 1.165) is 11.1 Å². The highest BCUT2D eigenvalue weighted by Crippen LogP contribution is 2.36. The first kappa shape index (κ1) is 17.8. The number of anilines is 1. The Balaban J connectivity index is 1.53. The third kappa shape index (κ3) is 3.47. The van der Waals surface area contributed by atoms with Gasteiger partial charge in [0.2, 0.25) is 0 Å². The van der Waals surface area contributed by atoms with E-state index < -0.39 is 0 Å². The second-order valence-corrected chi connectivity index (χ2v) is 7.95. The minimum absolute atomic E-state index is 0.0112.